The van der Waals surface area contributed by atoms with Gasteiger partial charge in [-0.3, -0.25) is 22.3 Å². The van der Waals surface area contributed by atoms with E-state index in [1.54, 1.807) is 0 Å². The van der Waals surface area contributed by atoms with E-state index in [2.05, 4.69) is 415 Å². The summed E-state index contributed by atoms with van der Waals surface area (Å²) in [5.41, 5.74) is 27.4. The lowest BCUT2D eigenvalue weighted by Gasteiger charge is -2.12. The van der Waals surface area contributed by atoms with Crippen LogP contribution in [0, 0.1) is 0 Å². The van der Waals surface area contributed by atoms with Crippen LogP contribution in [0.4, 0.5) is 0 Å². The topological polar surface area (TPSA) is 105 Å². The third kappa shape index (κ3) is 10.6. The standard InChI is InChI=1S/C41H25N5.C41H25N3.C34H20N4/c1-4-13-26(14-5-1)32-25-33(27-15-6-2-7-16-27)44-41(43-32)45-35-22-12-20-30-29-19-10-11-21-34(29)46-39-31(23-24-36(45)38(39)37(30)35)42-40(46)28-17-8-3-9-18-28;1-2-11-26(12-3-1)28-15-8-16-29(25-28)43-36-22-10-19-32-31-18-6-7-21-35(31)44-40-34(23-24-37(43)39(40)38(32)36)42-41(44)33-20-9-14-27-13-4-5-17-30(27)33;1-2-11-22-21(9-1)10-7-14-25(22)34-36-26-18-19-29-32-31-24(23-12-3-4-15-27(23)38(34)33(26)32)13-8-16-28(31)37(29)30-17-5-6-20-35-30/h1-25H;1-25H;1-20H. The third-order valence-corrected chi connectivity index (χ3v) is 26.3. The molecule has 11 aromatic heterocycles. The van der Waals surface area contributed by atoms with E-state index in [1.807, 2.05) is 36.5 Å². The van der Waals surface area contributed by atoms with Gasteiger partial charge >= 0.3 is 0 Å². The lowest BCUT2D eigenvalue weighted by atomic mass is 10.0. The Balaban J connectivity index is 0.0000000997. The minimum atomic E-state index is 0.639. The second-order valence-electron chi connectivity index (χ2n) is 33.1. The van der Waals surface area contributed by atoms with Gasteiger partial charge in [-0.2, -0.15) is 0 Å². The van der Waals surface area contributed by atoms with Crippen molar-refractivity contribution in [1.82, 2.24) is 56.8 Å². The fraction of sp³-hybridized carbons (Fsp3) is 0. The lowest BCUT2D eigenvalue weighted by Crippen LogP contribution is -2.04. The monoisotopic (exact) mass is 1630 g/mol. The summed E-state index contributed by atoms with van der Waals surface area (Å²) in [5, 5.41) is 19.4. The maximum absolute atomic E-state index is 5.38. The number of fused-ring (bicyclic) bond motifs is 11. The Morgan fingerprint density at radius 1 is 0.195 bits per heavy atom. The van der Waals surface area contributed by atoms with Gasteiger partial charge in [-0.1, -0.05) is 315 Å². The highest BCUT2D eigenvalue weighted by molar-refractivity contribution is 6.33. The molecule has 0 amide bonds. The molecule has 0 aliphatic carbocycles. The molecular weight excluding hydrogens is 1560 g/mol. The van der Waals surface area contributed by atoms with E-state index in [9.17, 15) is 0 Å². The maximum Gasteiger partial charge on any atom is 0.235 e. The molecule has 0 saturated heterocycles. The molecule has 0 radical (unpaired) electrons. The van der Waals surface area contributed by atoms with Crippen LogP contribution in [0.5, 0.6) is 0 Å². The number of para-hydroxylation sites is 3. The van der Waals surface area contributed by atoms with E-state index < -0.39 is 0 Å². The Labute approximate surface area is 730 Å². The first-order chi connectivity index (χ1) is 63.6. The Morgan fingerprint density at radius 2 is 0.539 bits per heavy atom. The normalized spacial score (nSPS) is 12.1. The van der Waals surface area contributed by atoms with Crippen LogP contribution in [0.1, 0.15) is 0 Å². The van der Waals surface area contributed by atoms with Gasteiger partial charge in [-0.05, 0) is 152 Å². The Kier molecular flexibility index (Phi) is 15.6. The summed E-state index contributed by atoms with van der Waals surface area (Å²) in [6, 6.07) is 148. The number of hydrogen-bond donors (Lipinski definition) is 0. The molecule has 128 heavy (non-hydrogen) atoms. The van der Waals surface area contributed by atoms with E-state index in [4.69, 9.17) is 29.9 Å². The third-order valence-electron chi connectivity index (χ3n) is 26.3. The SMILES string of the molecule is c1ccc(-c2cc(-c3ccccc3)nc(-n3c4cccc5c6ccccc6n6c(-c7ccccc7)nc7ccc3c(c54)c76)n2)cc1.c1ccc(-c2cccc(-n3c4cccc5c6ccccc6n6c(-c7cccc8ccccc78)nc7ccc3c(c54)c76)c2)cc1.c1ccc(-n2c3cccc4c5ccccc5n5c(-c6cccc7ccccc67)nc6ccc2c(c43)c65)nc1. The minimum Gasteiger partial charge on any atom is -0.309 e. The summed E-state index contributed by atoms with van der Waals surface area (Å²) in [6.45, 7) is 0. The molecule has 12 heteroatoms. The summed E-state index contributed by atoms with van der Waals surface area (Å²) in [6.07, 6.45) is 1.86. The first-order valence-corrected chi connectivity index (χ1v) is 43.4. The van der Waals surface area contributed by atoms with Crippen LogP contribution in [0.15, 0.2) is 425 Å². The molecule has 0 aliphatic heterocycles. The number of aromatic nitrogens is 12. The van der Waals surface area contributed by atoms with Crippen molar-refractivity contribution in [2.75, 3.05) is 0 Å². The van der Waals surface area contributed by atoms with Crippen molar-refractivity contribution >= 4 is 169 Å². The Hall–Kier alpha value is -17.5. The fourth-order valence-corrected chi connectivity index (χ4v) is 20.9. The molecule has 0 saturated carbocycles. The van der Waals surface area contributed by atoms with E-state index >= 15 is 0 Å². The zero-order valence-corrected chi connectivity index (χ0v) is 68.8. The largest absolute Gasteiger partial charge is 0.309 e. The van der Waals surface area contributed by atoms with Gasteiger partial charge in [0.25, 0.3) is 0 Å². The Morgan fingerprint density at radius 3 is 1.02 bits per heavy atom. The summed E-state index contributed by atoms with van der Waals surface area (Å²) in [5.74, 6) is 4.41. The zero-order valence-electron chi connectivity index (χ0n) is 68.8. The average Bonchev–Trinajstić information content (AvgIpc) is 1.54. The number of pyridine rings is 1. The molecule has 11 heterocycles. The molecular formula is C116H70N12. The highest BCUT2D eigenvalue weighted by Gasteiger charge is 2.30. The van der Waals surface area contributed by atoms with Gasteiger partial charge in [0.1, 0.15) is 23.3 Å². The molecule has 594 valence electrons. The van der Waals surface area contributed by atoms with Gasteiger partial charge in [0.15, 0.2) is 0 Å². The fourth-order valence-electron chi connectivity index (χ4n) is 20.9. The molecule has 0 unspecified atom stereocenters. The van der Waals surface area contributed by atoms with E-state index in [0.717, 1.165) is 145 Å². The minimum absolute atomic E-state index is 0.639. The molecule has 12 nitrogen and oxygen atoms in total. The first-order valence-electron chi connectivity index (χ1n) is 43.4. The maximum atomic E-state index is 5.38. The highest BCUT2D eigenvalue weighted by atomic mass is 15.2. The van der Waals surface area contributed by atoms with E-state index in [0.29, 0.717) is 5.95 Å². The Bertz CT molecular complexity index is 9450. The summed E-state index contributed by atoms with van der Waals surface area (Å²) >= 11 is 0. The zero-order chi connectivity index (χ0) is 83.8. The average molecular weight is 1630 g/mol. The quantitative estimate of drug-likeness (QED) is 0.143. The van der Waals surface area contributed by atoms with Crippen molar-refractivity contribution in [3.63, 3.8) is 0 Å². The molecule has 29 aromatic rings. The number of imidazole rings is 3. The van der Waals surface area contributed by atoms with Crippen LogP contribution in [-0.4, -0.2) is 56.8 Å². The summed E-state index contributed by atoms with van der Waals surface area (Å²) in [4.78, 5) is 31.2. The number of rotatable bonds is 9. The summed E-state index contributed by atoms with van der Waals surface area (Å²) < 4.78 is 14.1. The van der Waals surface area contributed by atoms with Crippen LogP contribution in [-0.2, 0) is 0 Å². The van der Waals surface area contributed by atoms with Gasteiger partial charge in [0, 0.05) is 88.2 Å². The van der Waals surface area contributed by atoms with Gasteiger partial charge in [0.05, 0.1) is 94.1 Å². The van der Waals surface area contributed by atoms with Crippen molar-refractivity contribution in [2.24, 2.45) is 0 Å². The predicted molar refractivity (Wildman–Crippen MR) is 528 cm³/mol. The van der Waals surface area contributed by atoms with Gasteiger partial charge in [-0.15, -0.1) is 0 Å². The van der Waals surface area contributed by atoms with Gasteiger partial charge in [0.2, 0.25) is 5.95 Å². The second-order valence-corrected chi connectivity index (χ2v) is 33.1. The van der Waals surface area contributed by atoms with Crippen LogP contribution in [0.25, 0.3) is 254 Å². The number of hydrogen-bond acceptors (Lipinski definition) is 6. The molecule has 0 spiro atoms. The van der Waals surface area contributed by atoms with Crippen LogP contribution in [0.3, 0.4) is 0 Å². The molecule has 18 aromatic carbocycles. The van der Waals surface area contributed by atoms with Crippen molar-refractivity contribution in [3.05, 3.63) is 425 Å². The van der Waals surface area contributed by atoms with Crippen LogP contribution < -0.4 is 0 Å². The number of nitrogens with zero attached hydrogens (tertiary/aromatic N) is 12. The summed E-state index contributed by atoms with van der Waals surface area (Å²) in [7, 11) is 0. The molecule has 0 atom stereocenters. The second kappa shape index (κ2) is 28.0. The van der Waals surface area contributed by atoms with Gasteiger partial charge in [-0.25, -0.2) is 29.9 Å². The molecule has 0 aliphatic rings. The predicted octanol–water partition coefficient (Wildman–Crippen LogP) is 29.0. The van der Waals surface area contributed by atoms with Crippen molar-refractivity contribution in [3.8, 4) is 85.3 Å². The first kappa shape index (κ1) is 71.1. The highest BCUT2D eigenvalue weighted by Crippen LogP contribution is 2.50. The lowest BCUT2D eigenvalue weighted by molar-refractivity contribution is 0.996. The molecule has 0 fully saturated rings. The molecule has 0 N–H and O–H groups in total. The van der Waals surface area contributed by atoms with Crippen LogP contribution >= 0.6 is 0 Å². The van der Waals surface area contributed by atoms with E-state index in [1.165, 1.54) is 103 Å². The molecule has 0 bridgehead atoms. The van der Waals surface area contributed by atoms with Crippen LogP contribution in [0.2, 0.25) is 0 Å². The number of benzene rings is 18. The van der Waals surface area contributed by atoms with E-state index in [-0.39, 0.29) is 0 Å². The van der Waals surface area contributed by atoms with Crippen molar-refractivity contribution in [2.45, 2.75) is 0 Å². The molecule has 29 rings (SSSR count). The van der Waals surface area contributed by atoms with Gasteiger partial charge < -0.3 is 4.57 Å². The van der Waals surface area contributed by atoms with Crippen molar-refractivity contribution in [1.29, 1.82) is 0 Å². The smallest absolute Gasteiger partial charge is 0.235 e. The van der Waals surface area contributed by atoms with Crippen molar-refractivity contribution < 1.29 is 0 Å².